The van der Waals surface area contributed by atoms with Crippen LogP contribution in [0.25, 0.3) is 5.76 Å². The van der Waals surface area contributed by atoms with Gasteiger partial charge in [0.1, 0.15) is 17.3 Å². The van der Waals surface area contributed by atoms with Gasteiger partial charge in [-0.05, 0) is 92.9 Å². The minimum absolute atomic E-state index is 0.00329. The summed E-state index contributed by atoms with van der Waals surface area (Å²) < 4.78 is 5.39. The number of benzene rings is 3. The molecule has 1 aliphatic rings. The fraction of sp³-hybridized carbons (Fsp3) is 0.267. The van der Waals surface area contributed by atoms with Gasteiger partial charge >= 0.3 is 0 Å². The average molecular weight is 501 g/mol. The van der Waals surface area contributed by atoms with Crippen molar-refractivity contribution in [1.29, 1.82) is 0 Å². The predicted octanol–water partition coefficient (Wildman–Crippen LogP) is 5.49. The molecule has 37 heavy (non-hydrogen) atoms. The van der Waals surface area contributed by atoms with E-state index in [1.54, 1.807) is 43.5 Å². The Balaban J connectivity index is 1.91. The molecule has 1 aliphatic heterocycles. The molecule has 3 aromatic carbocycles. The summed E-state index contributed by atoms with van der Waals surface area (Å²) in [5.74, 6) is -1.14. The van der Waals surface area contributed by atoms with E-state index in [-0.39, 0.29) is 17.1 Å². The number of carbonyl (C=O) groups excluding carboxylic acids is 2. The Kier molecular flexibility index (Phi) is 7.25. The van der Waals surface area contributed by atoms with Crippen LogP contribution in [0.1, 0.15) is 42.1 Å². The summed E-state index contributed by atoms with van der Waals surface area (Å²) in [4.78, 5) is 30.5. The number of nitrogens with zero attached hydrogens (tertiary/aromatic N) is 2. The Hall–Kier alpha value is -4.26. The van der Waals surface area contributed by atoms with Gasteiger partial charge in [0.25, 0.3) is 11.7 Å². The van der Waals surface area contributed by atoms with Crippen molar-refractivity contribution < 1.29 is 24.5 Å². The largest absolute Gasteiger partial charge is 0.508 e. The van der Waals surface area contributed by atoms with Crippen molar-refractivity contribution in [1.82, 2.24) is 0 Å². The van der Waals surface area contributed by atoms with Gasteiger partial charge in [0, 0.05) is 30.0 Å². The van der Waals surface area contributed by atoms with E-state index in [4.69, 9.17) is 4.74 Å². The third kappa shape index (κ3) is 4.65. The fourth-order valence-electron chi connectivity index (χ4n) is 4.93. The lowest BCUT2D eigenvalue weighted by molar-refractivity contribution is -0.132. The first-order chi connectivity index (χ1) is 17.7. The Labute approximate surface area is 217 Å². The molecular formula is C30H32N2O5. The second kappa shape index (κ2) is 10.4. The van der Waals surface area contributed by atoms with Crippen LogP contribution in [-0.2, 0) is 9.59 Å². The van der Waals surface area contributed by atoms with Gasteiger partial charge in [0.15, 0.2) is 0 Å². The van der Waals surface area contributed by atoms with Crippen LogP contribution in [0.2, 0.25) is 0 Å². The molecule has 1 fully saturated rings. The average Bonchev–Trinajstić information content (AvgIpc) is 3.16. The molecule has 0 aromatic heterocycles. The second-order valence-corrected chi connectivity index (χ2v) is 9.09. The zero-order valence-corrected chi connectivity index (χ0v) is 21.8. The van der Waals surface area contributed by atoms with Crippen molar-refractivity contribution in [3.05, 3.63) is 88.5 Å². The summed E-state index contributed by atoms with van der Waals surface area (Å²) in [6.07, 6.45) is 0. The van der Waals surface area contributed by atoms with Gasteiger partial charge in [0.05, 0.1) is 18.7 Å². The molecule has 1 atom stereocenters. The highest BCUT2D eigenvalue weighted by Crippen LogP contribution is 2.43. The van der Waals surface area contributed by atoms with Crippen LogP contribution < -0.4 is 14.5 Å². The molecule has 1 saturated heterocycles. The lowest BCUT2D eigenvalue weighted by atomic mass is 9.93. The van der Waals surface area contributed by atoms with E-state index < -0.39 is 17.7 Å². The van der Waals surface area contributed by atoms with Gasteiger partial charge in [-0.3, -0.25) is 14.5 Å². The predicted molar refractivity (Wildman–Crippen MR) is 145 cm³/mol. The molecule has 1 unspecified atom stereocenters. The molecule has 3 aromatic rings. The number of methoxy groups -OCH3 is 1. The second-order valence-electron chi connectivity index (χ2n) is 9.09. The highest BCUT2D eigenvalue weighted by Gasteiger charge is 2.47. The Morgan fingerprint density at radius 3 is 2.24 bits per heavy atom. The number of anilines is 2. The molecule has 7 heteroatoms. The minimum atomic E-state index is -0.923. The standard InChI is InChI=1S/C30H32N2O5/c1-6-31(7-2)21-11-13-22(14-12-21)32-27(20-9-8-10-23(33)17-20)26(29(35)30(32)36)28(34)24-15-19(4)25(37-5)16-18(24)3/h8-17,27,33-34H,6-7H2,1-5H3/b28-26+. The van der Waals surface area contributed by atoms with Crippen molar-refractivity contribution in [2.75, 3.05) is 30.0 Å². The van der Waals surface area contributed by atoms with Crippen molar-refractivity contribution in [3.8, 4) is 11.5 Å². The number of phenols is 1. The van der Waals surface area contributed by atoms with Crippen molar-refractivity contribution in [3.63, 3.8) is 0 Å². The number of hydrogen-bond acceptors (Lipinski definition) is 6. The SMILES string of the molecule is CCN(CC)c1ccc(N2C(=O)C(=O)/C(=C(/O)c3cc(C)c(OC)cc3C)C2c2cccc(O)c2)cc1. The molecule has 192 valence electrons. The van der Waals surface area contributed by atoms with E-state index in [0.717, 1.165) is 24.3 Å². The number of rotatable bonds is 7. The highest BCUT2D eigenvalue weighted by molar-refractivity contribution is 6.51. The first kappa shape index (κ1) is 25.8. The van der Waals surface area contributed by atoms with Crippen LogP contribution in [0.4, 0.5) is 11.4 Å². The third-order valence-corrected chi connectivity index (χ3v) is 6.88. The van der Waals surface area contributed by atoms with Gasteiger partial charge in [-0.1, -0.05) is 12.1 Å². The first-order valence-electron chi connectivity index (χ1n) is 12.3. The number of ketones is 1. The minimum Gasteiger partial charge on any atom is -0.508 e. The quantitative estimate of drug-likeness (QED) is 0.253. The molecular weight excluding hydrogens is 468 g/mol. The number of aliphatic hydroxyl groups is 1. The molecule has 0 bridgehead atoms. The Morgan fingerprint density at radius 1 is 0.973 bits per heavy atom. The maximum Gasteiger partial charge on any atom is 0.300 e. The molecule has 0 radical (unpaired) electrons. The lowest BCUT2D eigenvalue weighted by Crippen LogP contribution is -2.29. The van der Waals surface area contributed by atoms with Crippen molar-refractivity contribution in [2.45, 2.75) is 33.7 Å². The lowest BCUT2D eigenvalue weighted by Gasteiger charge is -2.27. The summed E-state index contributed by atoms with van der Waals surface area (Å²) in [5, 5.41) is 21.7. The number of hydrogen-bond donors (Lipinski definition) is 2. The zero-order valence-electron chi connectivity index (χ0n) is 21.8. The Bertz CT molecular complexity index is 1370. The number of aromatic hydroxyl groups is 1. The fourth-order valence-corrected chi connectivity index (χ4v) is 4.93. The van der Waals surface area contributed by atoms with Crippen LogP contribution in [0.15, 0.2) is 66.2 Å². The third-order valence-electron chi connectivity index (χ3n) is 6.88. The van der Waals surface area contributed by atoms with E-state index in [0.29, 0.717) is 28.1 Å². The van der Waals surface area contributed by atoms with Crippen molar-refractivity contribution >= 4 is 28.8 Å². The van der Waals surface area contributed by atoms with Gasteiger partial charge < -0.3 is 19.8 Å². The van der Waals surface area contributed by atoms with E-state index >= 15 is 0 Å². The summed E-state index contributed by atoms with van der Waals surface area (Å²) in [7, 11) is 1.57. The number of Topliss-reactive ketones (excluding diaryl/α,β-unsaturated/α-hetero) is 1. The van der Waals surface area contributed by atoms with Crippen LogP contribution in [-0.4, -0.2) is 42.1 Å². The molecule has 0 saturated carbocycles. The Morgan fingerprint density at radius 2 is 1.65 bits per heavy atom. The normalized spacial score (nSPS) is 16.8. The topological polar surface area (TPSA) is 90.3 Å². The number of aliphatic hydroxyl groups excluding tert-OH is 1. The van der Waals surface area contributed by atoms with Crippen LogP contribution in [0.3, 0.4) is 0 Å². The number of carbonyl (C=O) groups is 2. The molecule has 0 aliphatic carbocycles. The number of amides is 1. The molecule has 1 heterocycles. The molecule has 0 spiro atoms. The van der Waals surface area contributed by atoms with Crippen LogP contribution in [0.5, 0.6) is 11.5 Å². The maximum atomic E-state index is 13.5. The van der Waals surface area contributed by atoms with E-state index in [1.807, 2.05) is 26.0 Å². The smallest absolute Gasteiger partial charge is 0.300 e. The van der Waals surface area contributed by atoms with Crippen LogP contribution in [0, 0.1) is 13.8 Å². The molecule has 7 nitrogen and oxygen atoms in total. The molecule has 2 N–H and O–H groups in total. The van der Waals surface area contributed by atoms with Gasteiger partial charge in [0.2, 0.25) is 0 Å². The van der Waals surface area contributed by atoms with Crippen molar-refractivity contribution in [2.24, 2.45) is 0 Å². The summed E-state index contributed by atoms with van der Waals surface area (Å²) in [5.41, 5.74) is 3.93. The number of ether oxygens (including phenoxy) is 1. The zero-order chi connectivity index (χ0) is 26.9. The number of aryl methyl sites for hydroxylation is 2. The van der Waals surface area contributed by atoms with E-state index in [9.17, 15) is 19.8 Å². The van der Waals surface area contributed by atoms with Gasteiger partial charge in [-0.15, -0.1) is 0 Å². The monoisotopic (exact) mass is 500 g/mol. The van der Waals surface area contributed by atoms with E-state index in [2.05, 4.69) is 18.7 Å². The summed E-state index contributed by atoms with van der Waals surface area (Å²) in [6.45, 7) is 9.47. The van der Waals surface area contributed by atoms with E-state index in [1.165, 1.54) is 17.0 Å². The number of phenolic OH excluding ortho intramolecular Hbond substituents is 1. The highest BCUT2D eigenvalue weighted by atomic mass is 16.5. The summed E-state index contributed by atoms with van der Waals surface area (Å²) in [6, 6.07) is 16.5. The van der Waals surface area contributed by atoms with Gasteiger partial charge in [-0.2, -0.15) is 0 Å². The maximum absolute atomic E-state index is 13.5. The summed E-state index contributed by atoms with van der Waals surface area (Å²) >= 11 is 0. The molecule has 1 amide bonds. The first-order valence-corrected chi connectivity index (χ1v) is 12.3. The van der Waals surface area contributed by atoms with Gasteiger partial charge in [-0.25, -0.2) is 0 Å². The molecule has 4 rings (SSSR count). The van der Waals surface area contributed by atoms with Crippen LogP contribution >= 0.6 is 0 Å².